The Kier molecular flexibility index (Phi) is 5.77. The van der Waals surface area contributed by atoms with Crippen molar-refractivity contribution in [3.63, 3.8) is 0 Å². The number of hydrogen-bond acceptors (Lipinski definition) is 3. The molecule has 0 heterocycles. The number of halogens is 1. The summed E-state index contributed by atoms with van der Waals surface area (Å²) in [5, 5.41) is 12.5. The number of rotatable bonds is 6. The van der Waals surface area contributed by atoms with Gasteiger partial charge in [-0.25, -0.2) is 4.39 Å². The van der Waals surface area contributed by atoms with Crippen LogP contribution in [0.2, 0.25) is 0 Å². The van der Waals surface area contributed by atoms with Crippen molar-refractivity contribution >= 4 is 11.6 Å². The van der Waals surface area contributed by atoms with Crippen molar-refractivity contribution < 1.29 is 14.3 Å². The van der Waals surface area contributed by atoms with E-state index in [-0.39, 0.29) is 24.2 Å². The van der Waals surface area contributed by atoms with Crippen LogP contribution in [-0.2, 0) is 11.3 Å². The molecule has 2 rings (SSSR count). The molecule has 1 aliphatic rings. The molecule has 0 bridgehead atoms. The highest BCUT2D eigenvalue weighted by molar-refractivity contribution is 5.79. The summed E-state index contributed by atoms with van der Waals surface area (Å²) in [6.45, 7) is 5.78. The van der Waals surface area contributed by atoms with Gasteiger partial charge in [0.25, 0.3) is 0 Å². The molecular weight excluding hydrogens is 283 g/mol. The lowest BCUT2D eigenvalue weighted by molar-refractivity contribution is -0.127. The summed E-state index contributed by atoms with van der Waals surface area (Å²) >= 11 is 0. The van der Waals surface area contributed by atoms with Crippen molar-refractivity contribution in [1.29, 1.82) is 0 Å². The molecule has 4 nitrogen and oxygen atoms in total. The van der Waals surface area contributed by atoms with Crippen molar-refractivity contribution in [3.05, 3.63) is 29.6 Å². The van der Waals surface area contributed by atoms with E-state index in [4.69, 9.17) is 0 Å². The average molecular weight is 308 g/mol. The zero-order valence-electron chi connectivity index (χ0n) is 13.3. The van der Waals surface area contributed by atoms with Gasteiger partial charge in [-0.05, 0) is 50.8 Å². The van der Waals surface area contributed by atoms with Gasteiger partial charge in [-0.2, -0.15) is 0 Å². The third-order valence-electron chi connectivity index (χ3n) is 4.40. The van der Waals surface area contributed by atoms with Gasteiger partial charge in [0, 0.05) is 19.6 Å². The van der Waals surface area contributed by atoms with E-state index >= 15 is 0 Å². The second-order valence-electron chi connectivity index (χ2n) is 5.78. The zero-order chi connectivity index (χ0) is 16.1. The van der Waals surface area contributed by atoms with E-state index in [1.165, 1.54) is 6.07 Å². The van der Waals surface area contributed by atoms with E-state index in [2.05, 4.69) is 5.32 Å². The topological polar surface area (TPSA) is 52.6 Å². The quantitative estimate of drug-likeness (QED) is 0.849. The smallest absolute Gasteiger partial charge is 0.225 e. The maximum atomic E-state index is 14.2. The summed E-state index contributed by atoms with van der Waals surface area (Å²) in [7, 11) is 0. The van der Waals surface area contributed by atoms with Gasteiger partial charge in [0.05, 0.1) is 17.7 Å². The fourth-order valence-electron chi connectivity index (χ4n) is 3.05. The third kappa shape index (κ3) is 3.77. The van der Waals surface area contributed by atoms with Gasteiger partial charge in [0.15, 0.2) is 0 Å². The lowest BCUT2D eigenvalue weighted by Gasteiger charge is -2.22. The van der Waals surface area contributed by atoms with Crippen molar-refractivity contribution in [2.24, 2.45) is 5.92 Å². The van der Waals surface area contributed by atoms with Crippen LogP contribution in [0.5, 0.6) is 0 Å². The fourth-order valence-corrected chi connectivity index (χ4v) is 3.05. The molecular formula is C17H25FN2O2. The number of anilines is 1. The summed E-state index contributed by atoms with van der Waals surface area (Å²) < 4.78 is 14.2. The Balaban J connectivity index is 1.96. The minimum Gasteiger partial charge on any atom is -0.392 e. The number of carbonyl (C=O) groups is 1. The molecule has 1 fully saturated rings. The first-order valence-electron chi connectivity index (χ1n) is 8.06. The van der Waals surface area contributed by atoms with Gasteiger partial charge in [-0.1, -0.05) is 6.07 Å². The van der Waals surface area contributed by atoms with Gasteiger partial charge in [0.1, 0.15) is 5.82 Å². The van der Waals surface area contributed by atoms with Gasteiger partial charge in [-0.3, -0.25) is 4.79 Å². The Labute approximate surface area is 131 Å². The number of benzene rings is 1. The SMILES string of the molecule is CCN(CC)c1ccc(CNC(=O)C2CCCC2O)cc1F. The summed E-state index contributed by atoms with van der Waals surface area (Å²) in [5.74, 6) is -0.727. The molecule has 2 N–H and O–H groups in total. The number of aliphatic hydroxyl groups is 1. The van der Waals surface area contributed by atoms with E-state index in [0.29, 0.717) is 12.1 Å². The van der Waals surface area contributed by atoms with Crippen LogP contribution in [0.4, 0.5) is 10.1 Å². The minimum absolute atomic E-state index is 0.141. The number of carbonyl (C=O) groups excluding carboxylic acids is 1. The maximum Gasteiger partial charge on any atom is 0.225 e. The molecule has 0 spiro atoms. The van der Waals surface area contributed by atoms with Crippen LogP contribution >= 0.6 is 0 Å². The van der Waals surface area contributed by atoms with Crippen LogP contribution in [0.3, 0.4) is 0 Å². The van der Waals surface area contributed by atoms with E-state index in [0.717, 1.165) is 31.5 Å². The molecule has 0 aliphatic heterocycles. The van der Waals surface area contributed by atoms with Gasteiger partial charge < -0.3 is 15.3 Å². The molecule has 1 aromatic rings. The average Bonchev–Trinajstić information content (AvgIpc) is 2.94. The molecule has 0 aromatic heterocycles. The first-order valence-corrected chi connectivity index (χ1v) is 8.06. The lowest BCUT2D eigenvalue weighted by Crippen LogP contribution is -2.34. The number of hydrogen-bond donors (Lipinski definition) is 2. The van der Waals surface area contributed by atoms with E-state index < -0.39 is 6.10 Å². The van der Waals surface area contributed by atoms with E-state index in [1.807, 2.05) is 24.8 Å². The molecule has 0 saturated heterocycles. The highest BCUT2D eigenvalue weighted by atomic mass is 19.1. The Bertz CT molecular complexity index is 517. The predicted octanol–water partition coefficient (Wildman–Crippen LogP) is 2.45. The van der Waals surface area contributed by atoms with Gasteiger partial charge in [-0.15, -0.1) is 0 Å². The van der Waals surface area contributed by atoms with Gasteiger partial charge >= 0.3 is 0 Å². The maximum absolute atomic E-state index is 14.2. The standard InChI is InChI=1S/C17H25FN2O2/c1-3-20(4-2)15-9-8-12(10-14(15)18)11-19-17(22)13-6-5-7-16(13)21/h8-10,13,16,21H,3-7,11H2,1-2H3,(H,19,22). The molecule has 1 saturated carbocycles. The molecule has 1 aliphatic carbocycles. The predicted molar refractivity (Wildman–Crippen MR) is 85.2 cm³/mol. The van der Waals surface area contributed by atoms with Gasteiger partial charge in [0.2, 0.25) is 5.91 Å². The molecule has 1 amide bonds. The first-order chi connectivity index (χ1) is 10.6. The van der Waals surface area contributed by atoms with Crippen molar-refractivity contribution in [1.82, 2.24) is 5.32 Å². The largest absolute Gasteiger partial charge is 0.392 e. The lowest BCUT2D eigenvalue weighted by atomic mass is 10.1. The molecule has 2 unspecified atom stereocenters. The summed E-state index contributed by atoms with van der Waals surface area (Å²) in [4.78, 5) is 14.0. The Morgan fingerprint density at radius 1 is 1.36 bits per heavy atom. The first kappa shape index (κ1) is 16.7. The highest BCUT2D eigenvalue weighted by Crippen LogP contribution is 2.26. The van der Waals surface area contributed by atoms with Crippen molar-refractivity contribution in [2.75, 3.05) is 18.0 Å². The minimum atomic E-state index is -0.540. The molecule has 22 heavy (non-hydrogen) atoms. The summed E-state index contributed by atoms with van der Waals surface area (Å²) in [5.41, 5.74) is 1.32. The van der Waals surface area contributed by atoms with Crippen LogP contribution in [0.1, 0.15) is 38.7 Å². The Morgan fingerprint density at radius 3 is 2.64 bits per heavy atom. The molecule has 5 heteroatoms. The number of nitrogens with one attached hydrogen (secondary N) is 1. The Hall–Kier alpha value is -1.62. The normalized spacial score (nSPS) is 20.9. The number of nitrogens with zero attached hydrogens (tertiary/aromatic N) is 1. The summed E-state index contributed by atoms with van der Waals surface area (Å²) in [6, 6.07) is 5.06. The van der Waals surface area contributed by atoms with Crippen LogP contribution in [0.25, 0.3) is 0 Å². The van der Waals surface area contributed by atoms with Crippen molar-refractivity contribution in [3.8, 4) is 0 Å². The van der Waals surface area contributed by atoms with Crippen LogP contribution in [0, 0.1) is 11.7 Å². The van der Waals surface area contributed by atoms with Crippen LogP contribution in [-0.4, -0.2) is 30.2 Å². The Morgan fingerprint density at radius 2 is 2.09 bits per heavy atom. The van der Waals surface area contributed by atoms with E-state index in [1.54, 1.807) is 6.07 Å². The van der Waals surface area contributed by atoms with E-state index in [9.17, 15) is 14.3 Å². The summed E-state index contributed by atoms with van der Waals surface area (Å²) in [6.07, 6.45) is 1.75. The number of amides is 1. The third-order valence-corrected chi connectivity index (χ3v) is 4.40. The van der Waals surface area contributed by atoms with Crippen molar-refractivity contribution in [2.45, 2.75) is 45.8 Å². The highest BCUT2D eigenvalue weighted by Gasteiger charge is 2.31. The fraction of sp³-hybridized carbons (Fsp3) is 0.588. The number of aliphatic hydroxyl groups excluding tert-OH is 1. The second kappa shape index (κ2) is 7.58. The van der Waals surface area contributed by atoms with Crippen LogP contribution < -0.4 is 10.2 Å². The molecule has 0 radical (unpaired) electrons. The monoisotopic (exact) mass is 308 g/mol. The molecule has 1 aromatic carbocycles. The van der Waals surface area contributed by atoms with Crippen LogP contribution in [0.15, 0.2) is 18.2 Å². The molecule has 122 valence electrons. The second-order valence-corrected chi connectivity index (χ2v) is 5.78. The zero-order valence-corrected chi connectivity index (χ0v) is 13.3. The molecule has 2 atom stereocenters.